The zero-order chi connectivity index (χ0) is 21.3. The lowest BCUT2D eigenvalue weighted by molar-refractivity contribution is 0.0788. The molecular weight excluding hydrogens is 407 g/mol. The zero-order valence-corrected chi connectivity index (χ0v) is 17.0. The molecule has 0 bridgehead atoms. The van der Waals surface area contributed by atoms with Gasteiger partial charge in [-0.2, -0.15) is 5.26 Å². The Morgan fingerprint density at radius 3 is 2.50 bits per heavy atom. The maximum Gasteiger partial charge on any atom is 0.275 e. The summed E-state index contributed by atoms with van der Waals surface area (Å²) in [4.78, 5) is 19.2. The van der Waals surface area contributed by atoms with Crippen LogP contribution in [0.2, 0.25) is 5.15 Å². The van der Waals surface area contributed by atoms with E-state index in [1.807, 2.05) is 0 Å². The molecule has 1 aliphatic rings. The van der Waals surface area contributed by atoms with Crippen LogP contribution in [0.1, 0.15) is 28.9 Å². The van der Waals surface area contributed by atoms with Gasteiger partial charge in [0.05, 0.1) is 12.7 Å². The van der Waals surface area contributed by atoms with Gasteiger partial charge in [-0.3, -0.25) is 9.36 Å². The fraction of sp³-hybridized carbons (Fsp3) is 0.227. The summed E-state index contributed by atoms with van der Waals surface area (Å²) in [6.45, 7) is 1.32. The molecule has 0 saturated carbocycles. The fourth-order valence-electron chi connectivity index (χ4n) is 3.51. The molecule has 0 spiro atoms. The van der Waals surface area contributed by atoms with Gasteiger partial charge in [-0.25, -0.2) is 9.37 Å². The number of carbonyl (C=O) groups excluding carboxylic acids is 1. The van der Waals surface area contributed by atoms with Crippen LogP contribution < -0.4 is 4.74 Å². The summed E-state index contributed by atoms with van der Waals surface area (Å²) in [5, 5.41) is 9.16. The van der Waals surface area contributed by atoms with E-state index in [-0.39, 0.29) is 22.3 Å². The number of hydrogen-bond acceptors (Lipinski definition) is 4. The van der Waals surface area contributed by atoms with E-state index in [9.17, 15) is 9.18 Å². The third kappa shape index (κ3) is 3.51. The van der Waals surface area contributed by atoms with E-state index in [0.29, 0.717) is 35.9 Å². The van der Waals surface area contributed by atoms with Crippen molar-refractivity contribution in [1.82, 2.24) is 14.5 Å². The smallest absolute Gasteiger partial charge is 0.275 e. The summed E-state index contributed by atoms with van der Waals surface area (Å²) in [7, 11) is 1.57. The predicted octanol–water partition coefficient (Wildman–Crippen LogP) is 4.45. The third-order valence-electron chi connectivity index (χ3n) is 5.10. The molecule has 6 nitrogen and oxygen atoms in total. The minimum atomic E-state index is -0.664. The highest BCUT2D eigenvalue weighted by atomic mass is 35.5. The molecule has 2 aromatic carbocycles. The summed E-state index contributed by atoms with van der Waals surface area (Å²) < 4.78 is 21.1. The van der Waals surface area contributed by atoms with Gasteiger partial charge in [-0.05, 0) is 55.3 Å². The number of aromatic nitrogens is 2. The highest BCUT2D eigenvalue weighted by molar-refractivity contribution is 6.33. The number of methoxy groups -OCH3 is 1. The van der Waals surface area contributed by atoms with E-state index >= 15 is 0 Å². The maximum atomic E-state index is 14.3. The van der Waals surface area contributed by atoms with E-state index in [0.717, 1.165) is 12.8 Å². The lowest BCUT2D eigenvalue weighted by Crippen LogP contribution is -2.28. The number of rotatable bonds is 4. The Morgan fingerprint density at radius 2 is 1.90 bits per heavy atom. The number of carbonyl (C=O) groups is 1. The van der Waals surface area contributed by atoms with Crippen molar-refractivity contribution in [2.75, 3.05) is 20.2 Å². The quantitative estimate of drug-likeness (QED) is 0.620. The second-order valence-electron chi connectivity index (χ2n) is 6.91. The van der Waals surface area contributed by atoms with Gasteiger partial charge in [-0.15, -0.1) is 0 Å². The largest absolute Gasteiger partial charge is 0.497 e. The van der Waals surface area contributed by atoms with Gasteiger partial charge >= 0.3 is 0 Å². The lowest BCUT2D eigenvalue weighted by atomic mass is 10.1. The van der Waals surface area contributed by atoms with Crippen molar-refractivity contribution >= 4 is 17.5 Å². The number of ether oxygens (including phenoxy) is 1. The van der Waals surface area contributed by atoms with Crippen LogP contribution in [0.15, 0.2) is 42.5 Å². The van der Waals surface area contributed by atoms with Gasteiger partial charge in [0.1, 0.15) is 28.6 Å². The summed E-state index contributed by atoms with van der Waals surface area (Å²) in [6.07, 6.45) is 1.88. The molecule has 1 amide bonds. The zero-order valence-electron chi connectivity index (χ0n) is 16.2. The van der Waals surface area contributed by atoms with Crippen LogP contribution >= 0.6 is 11.6 Å². The van der Waals surface area contributed by atoms with Crippen molar-refractivity contribution in [2.45, 2.75) is 12.8 Å². The molecule has 0 aliphatic carbocycles. The number of nitriles is 1. The molecular formula is C22H18ClFN4O2. The number of hydrogen-bond donors (Lipinski definition) is 0. The Labute approximate surface area is 178 Å². The molecule has 1 saturated heterocycles. The molecule has 0 radical (unpaired) electrons. The van der Waals surface area contributed by atoms with E-state index in [1.54, 1.807) is 53.0 Å². The van der Waals surface area contributed by atoms with E-state index in [1.165, 1.54) is 12.1 Å². The molecule has 2 heterocycles. The van der Waals surface area contributed by atoms with Gasteiger partial charge in [0.15, 0.2) is 5.69 Å². The standard InChI is InChI=1S/C22H18ClFN4O2/c1-30-17-8-6-16(7-9-17)28-20(23)19(22(29)27-10-2-3-11-27)26-21(28)14-4-5-15(13-25)18(24)12-14/h4-9,12H,2-3,10-11H2,1H3. The van der Waals surface area contributed by atoms with Crippen LogP contribution in [0.3, 0.4) is 0 Å². The van der Waals surface area contributed by atoms with Gasteiger partial charge in [0.2, 0.25) is 0 Å². The Morgan fingerprint density at radius 1 is 1.20 bits per heavy atom. The first-order valence-electron chi connectivity index (χ1n) is 9.45. The Balaban J connectivity index is 1.88. The molecule has 1 aliphatic heterocycles. The number of halogens is 2. The number of benzene rings is 2. The second-order valence-corrected chi connectivity index (χ2v) is 7.27. The molecule has 152 valence electrons. The Bertz CT molecular complexity index is 1150. The van der Waals surface area contributed by atoms with E-state index in [4.69, 9.17) is 21.6 Å². The number of likely N-dealkylation sites (tertiary alicyclic amines) is 1. The summed E-state index contributed by atoms with van der Waals surface area (Å²) >= 11 is 6.63. The van der Waals surface area contributed by atoms with Crippen LogP contribution in [0.25, 0.3) is 17.1 Å². The van der Waals surface area contributed by atoms with Gasteiger partial charge < -0.3 is 9.64 Å². The normalized spacial score (nSPS) is 13.3. The van der Waals surface area contributed by atoms with E-state index < -0.39 is 5.82 Å². The van der Waals surface area contributed by atoms with Crippen molar-refractivity contribution in [3.8, 4) is 28.9 Å². The number of amides is 1. The first-order valence-corrected chi connectivity index (χ1v) is 9.83. The van der Waals surface area contributed by atoms with Gasteiger partial charge in [0.25, 0.3) is 5.91 Å². The molecule has 0 N–H and O–H groups in total. The van der Waals surface area contributed by atoms with Crippen molar-refractivity contribution in [2.24, 2.45) is 0 Å². The van der Waals surface area contributed by atoms with Crippen molar-refractivity contribution in [3.63, 3.8) is 0 Å². The summed E-state index contributed by atoms with van der Waals surface area (Å²) in [5.41, 5.74) is 1.10. The molecule has 1 fully saturated rings. The van der Waals surface area contributed by atoms with Crippen LogP contribution in [-0.2, 0) is 0 Å². The molecule has 3 aromatic rings. The summed E-state index contributed by atoms with van der Waals surface area (Å²) in [5.74, 6) is 0.0633. The molecule has 30 heavy (non-hydrogen) atoms. The minimum absolute atomic E-state index is 0.0687. The van der Waals surface area contributed by atoms with Crippen LogP contribution in [0, 0.1) is 17.1 Å². The Kier molecular flexibility index (Phi) is 5.42. The molecule has 0 unspecified atom stereocenters. The van der Waals surface area contributed by atoms with Crippen LogP contribution in [-0.4, -0.2) is 40.6 Å². The average Bonchev–Trinajstić information content (AvgIpc) is 3.42. The topological polar surface area (TPSA) is 71.1 Å². The van der Waals surface area contributed by atoms with Crippen molar-refractivity contribution < 1.29 is 13.9 Å². The van der Waals surface area contributed by atoms with Crippen molar-refractivity contribution in [3.05, 3.63) is 64.7 Å². The summed E-state index contributed by atoms with van der Waals surface area (Å²) in [6, 6.07) is 13.1. The highest BCUT2D eigenvalue weighted by Gasteiger charge is 2.28. The predicted molar refractivity (Wildman–Crippen MR) is 110 cm³/mol. The van der Waals surface area contributed by atoms with Gasteiger partial charge in [0, 0.05) is 24.3 Å². The Hall–Kier alpha value is -3.37. The first-order chi connectivity index (χ1) is 14.5. The SMILES string of the molecule is COc1ccc(-n2c(-c3ccc(C#N)c(F)c3)nc(C(=O)N3CCCC3)c2Cl)cc1. The fourth-order valence-corrected chi connectivity index (χ4v) is 3.81. The van der Waals surface area contributed by atoms with Crippen molar-refractivity contribution in [1.29, 1.82) is 5.26 Å². The second kappa shape index (κ2) is 8.17. The average molecular weight is 425 g/mol. The lowest BCUT2D eigenvalue weighted by Gasteiger charge is -2.13. The van der Waals surface area contributed by atoms with E-state index in [2.05, 4.69) is 4.98 Å². The van der Waals surface area contributed by atoms with Gasteiger partial charge in [-0.1, -0.05) is 11.6 Å². The maximum absolute atomic E-state index is 14.3. The highest BCUT2D eigenvalue weighted by Crippen LogP contribution is 2.32. The number of nitrogens with zero attached hydrogens (tertiary/aromatic N) is 4. The molecule has 4 rings (SSSR count). The van der Waals surface area contributed by atoms with Crippen LogP contribution in [0.5, 0.6) is 5.75 Å². The molecule has 8 heteroatoms. The molecule has 0 atom stereocenters. The third-order valence-corrected chi connectivity index (χ3v) is 5.44. The van der Waals surface area contributed by atoms with Crippen LogP contribution in [0.4, 0.5) is 4.39 Å². The first kappa shape index (κ1) is 19.9. The minimum Gasteiger partial charge on any atom is -0.497 e. The number of imidazole rings is 1. The molecule has 1 aromatic heterocycles. The monoisotopic (exact) mass is 424 g/mol.